The van der Waals surface area contributed by atoms with Crippen LogP contribution in [0.5, 0.6) is 0 Å². The van der Waals surface area contributed by atoms with Crippen LogP contribution in [0.15, 0.2) is 28.3 Å². The molecule has 1 aromatic heterocycles. The van der Waals surface area contributed by atoms with E-state index < -0.39 is 0 Å². The molecule has 0 aliphatic carbocycles. The second kappa shape index (κ2) is 5.36. The van der Waals surface area contributed by atoms with Gasteiger partial charge in [-0.3, -0.25) is 9.59 Å². The minimum Gasteiger partial charge on any atom is -0.409 e. The highest BCUT2D eigenvalue weighted by Gasteiger charge is 2.35. The lowest BCUT2D eigenvalue weighted by Gasteiger charge is -2.38. The Morgan fingerprint density at radius 3 is 2.60 bits per heavy atom. The lowest BCUT2D eigenvalue weighted by atomic mass is 9.79. The molecule has 4 N–H and O–H groups in total. The van der Waals surface area contributed by atoms with Crippen molar-refractivity contribution >= 4 is 11.7 Å². The zero-order chi connectivity index (χ0) is 14.8. The van der Waals surface area contributed by atoms with E-state index in [0.29, 0.717) is 31.5 Å². The molecular formula is C13H18N4O3. The highest BCUT2D eigenvalue weighted by atomic mass is 16.4. The number of piperidine rings is 1. The fourth-order valence-electron chi connectivity index (χ4n) is 2.31. The van der Waals surface area contributed by atoms with Crippen LogP contribution in [-0.4, -0.2) is 39.9 Å². The number of H-pyrrole nitrogens is 1. The van der Waals surface area contributed by atoms with Crippen LogP contribution in [0.1, 0.15) is 30.1 Å². The second-order valence-corrected chi connectivity index (χ2v) is 5.28. The van der Waals surface area contributed by atoms with Gasteiger partial charge in [0.25, 0.3) is 5.91 Å². The fraction of sp³-hybridized carbons (Fsp3) is 0.462. The Kier molecular flexibility index (Phi) is 3.78. The van der Waals surface area contributed by atoms with Gasteiger partial charge in [-0.1, -0.05) is 12.1 Å². The van der Waals surface area contributed by atoms with Crippen molar-refractivity contribution in [2.75, 3.05) is 13.1 Å². The first-order valence-electron chi connectivity index (χ1n) is 6.42. The van der Waals surface area contributed by atoms with E-state index in [4.69, 9.17) is 10.9 Å². The van der Waals surface area contributed by atoms with Gasteiger partial charge in [0.1, 0.15) is 5.84 Å². The van der Waals surface area contributed by atoms with Crippen molar-refractivity contribution in [1.82, 2.24) is 9.88 Å². The lowest BCUT2D eigenvalue weighted by Crippen LogP contribution is -2.47. The summed E-state index contributed by atoms with van der Waals surface area (Å²) in [7, 11) is 0. The van der Waals surface area contributed by atoms with E-state index in [1.165, 1.54) is 18.3 Å². The predicted octanol–water partition coefficient (Wildman–Crippen LogP) is 0.364. The first kappa shape index (κ1) is 14.1. The number of carbonyl (C=O) groups is 1. The van der Waals surface area contributed by atoms with Crippen molar-refractivity contribution in [3.63, 3.8) is 0 Å². The van der Waals surface area contributed by atoms with Crippen LogP contribution < -0.4 is 11.3 Å². The molecule has 7 nitrogen and oxygen atoms in total. The summed E-state index contributed by atoms with van der Waals surface area (Å²) in [6.07, 6.45) is 2.69. The first-order valence-corrected chi connectivity index (χ1v) is 6.42. The van der Waals surface area contributed by atoms with Crippen LogP contribution in [0.25, 0.3) is 0 Å². The molecule has 0 bridgehead atoms. The van der Waals surface area contributed by atoms with Crippen molar-refractivity contribution in [2.45, 2.75) is 19.8 Å². The highest BCUT2D eigenvalue weighted by molar-refractivity contribution is 5.94. The van der Waals surface area contributed by atoms with E-state index in [1.54, 1.807) is 4.90 Å². The molecule has 7 heteroatoms. The average Bonchev–Trinajstić information content (AvgIpc) is 2.47. The summed E-state index contributed by atoms with van der Waals surface area (Å²) < 4.78 is 0. The molecule has 0 radical (unpaired) electrons. The molecule has 108 valence electrons. The number of amidine groups is 1. The number of rotatable bonds is 2. The molecule has 0 atom stereocenters. The maximum Gasteiger partial charge on any atom is 0.255 e. The summed E-state index contributed by atoms with van der Waals surface area (Å²) >= 11 is 0. The number of hydrogen-bond donors (Lipinski definition) is 3. The number of nitrogens with two attached hydrogens (primary N) is 1. The molecule has 0 spiro atoms. The Morgan fingerprint density at radius 2 is 2.10 bits per heavy atom. The third-order valence-electron chi connectivity index (χ3n) is 3.91. The molecule has 20 heavy (non-hydrogen) atoms. The van der Waals surface area contributed by atoms with Gasteiger partial charge in [-0.2, -0.15) is 0 Å². The van der Waals surface area contributed by atoms with Crippen LogP contribution in [0.2, 0.25) is 0 Å². The summed E-state index contributed by atoms with van der Waals surface area (Å²) in [5, 5.41) is 11.9. The second-order valence-electron chi connectivity index (χ2n) is 5.28. The molecule has 1 saturated heterocycles. The molecule has 0 aromatic carbocycles. The number of pyridine rings is 1. The molecule has 1 amide bonds. The van der Waals surface area contributed by atoms with Crippen molar-refractivity contribution in [3.05, 3.63) is 34.2 Å². The molecular weight excluding hydrogens is 260 g/mol. The Hall–Kier alpha value is -2.31. The Morgan fingerprint density at radius 1 is 1.45 bits per heavy atom. The topological polar surface area (TPSA) is 112 Å². The summed E-state index contributed by atoms with van der Waals surface area (Å²) in [6, 6.07) is 2.84. The number of amides is 1. The number of carbonyl (C=O) groups excluding carboxylic acids is 1. The van der Waals surface area contributed by atoms with Crippen LogP contribution in [0.3, 0.4) is 0 Å². The zero-order valence-electron chi connectivity index (χ0n) is 11.3. The third kappa shape index (κ3) is 2.66. The van der Waals surface area contributed by atoms with Crippen LogP contribution in [-0.2, 0) is 0 Å². The van der Waals surface area contributed by atoms with Crippen LogP contribution in [0, 0.1) is 5.41 Å². The summed E-state index contributed by atoms with van der Waals surface area (Å²) in [6.45, 7) is 2.99. The minimum atomic E-state index is -0.378. The van der Waals surface area contributed by atoms with Gasteiger partial charge in [-0.05, 0) is 18.9 Å². The summed E-state index contributed by atoms with van der Waals surface area (Å²) in [4.78, 5) is 27.4. The van der Waals surface area contributed by atoms with Crippen molar-refractivity contribution in [2.24, 2.45) is 16.3 Å². The smallest absolute Gasteiger partial charge is 0.255 e. The van der Waals surface area contributed by atoms with Gasteiger partial charge >= 0.3 is 0 Å². The monoisotopic (exact) mass is 278 g/mol. The molecule has 1 aliphatic rings. The molecule has 2 rings (SSSR count). The van der Waals surface area contributed by atoms with Crippen molar-refractivity contribution in [1.29, 1.82) is 0 Å². The highest BCUT2D eigenvalue weighted by Crippen LogP contribution is 2.31. The zero-order valence-corrected chi connectivity index (χ0v) is 11.3. The number of oxime groups is 1. The van der Waals surface area contributed by atoms with Gasteiger partial charge < -0.3 is 20.8 Å². The van der Waals surface area contributed by atoms with E-state index in [1.807, 2.05) is 6.92 Å². The molecule has 1 fully saturated rings. The van der Waals surface area contributed by atoms with Gasteiger partial charge in [-0.15, -0.1) is 0 Å². The van der Waals surface area contributed by atoms with E-state index >= 15 is 0 Å². The summed E-state index contributed by atoms with van der Waals surface area (Å²) in [5.74, 6) is 0.0800. The molecule has 0 unspecified atom stereocenters. The summed E-state index contributed by atoms with van der Waals surface area (Å²) in [5.41, 5.74) is 5.53. The maximum atomic E-state index is 12.3. The van der Waals surface area contributed by atoms with Crippen molar-refractivity contribution in [3.8, 4) is 0 Å². The van der Waals surface area contributed by atoms with Gasteiger partial charge in [0.05, 0.1) is 5.56 Å². The quantitative estimate of drug-likeness (QED) is 0.314. The van der Waals surface area contributed by atoms with E-state index in [0.717, 1.165) is 0 Å². The SMILES string of the molecule is CC1(/C(N)=N/O)CCN(C(=O)c2ccc(=O)[nH]c2)CC1. The standard InChI is InChI=1S/C13H18N4O3/c1-13(12(14)16-20)4-6-17(7-5-13)11(19)9-2-3-10(18)15-8-9/h2-3,8,20H,4-7H2,1H3,(H2,14,16)(H,15,18). The molecule has 0 saturated carbocycles. The Bertz CT molecular complexity index is 565. The van der Waals surface area contributed by atoms with E-state index in [2.05, 4.69) is 10.1 Å². The maximum absolute atomic E-state index is 12.3. The lowest BCUT2D eigenvalue weighted by molar-refractivity contribution is 0.0666. The molecule has 1 aromatic rings. The first-order chi connectivity index (χ1) is 9.46. The number of aromatic nitrogens is 1. The largest absolute Gasteiger partial charge is 0.409 e. The molecule has 1 aliphatic heterocycles. The van der Waals surface area contributed by atoms with Crippen molar-refractivity contribution < 1.29 is 10.0 Å². The average molecular weight is 278 g/mol. The Balaban J connectivity index is 2.05. The number of aromatic amines is 1. The van der Waals surface area contributed by atoms with Gasteiger partial charge in [0.15, 0.2) is 0 Å². The molecule has 2 heterocycles. The third-order valence-corrected chi connectivity index (χ3v) is 3.91. The van der Waals surface area contributed by atoms with E-state index in [9.17, 15) is 9.59 Å². The Labute approximate surface area is 116 Å². The van der Waals surface area contributed by atoms with E-state index in [-0.39, 0.29) is 22.7 Å². The predicted molar refractivity (Wildman–Crippen MR) is 73.7 cm³/mol. The van der Waals surface area contributed by atoms with Gasteiger partial charge in [-0.25, -0.2) is 0 Å². The van der Waals surface area contributed by atoms with Gasteiger partial charge in [0.2, 0.25) is 5.56 Å². The number of nitrogens with zero attached hydrogens (tertiary/aromatic N) is 2. The number of hydrogen-bond acceptors (Lipinski definition) is 4. The number of likely N-dealkylation sites (tertiary alicyclic amines) is 1. The minimum absolute atomic E-state index is 0.122. The van der Waals surface area contributed by atoms with Crippen LogP contribution >= 0.6 is 0 Å². The number of nitrogens with one attached hydrogen (secondary N) is 1. The van der Waals surface area contributed by atoms with Crippen LogP contribution in [0.4, 0.5) is 0 Å². The normalized spacial score (nSPS) is 18.9. The fourth-order valence-corrected chi connectivity index (χ4v) is 2.31. The van der Waals surface area contributed by atoms with Gasteiger partial charge in [0, 0.05) is 30.8 Å².